The highest BCUT2D eigenvalue weighted by molar-refractivity contribution is 7.91. The fourth-order valence-corrected chi connectivity index (χ4v) is 6.10. The van der Waals surface area contributed by atoms with Crippen LogP contribution in [0.1, 0.15) is 24.2 Å². The van der Waals surface area contributed by atoms with Gasteiger partial charge in [0.25, 0.3) is 0 Å². The van der Waals surface area contributed by atoms with E-state index in [0.717, 1.165) is 31.8 Å². The van der Waals surface area contributed by atoms with Gasteiger partial charge in [-0.1, -0.05) is 36.4 Å². The third kappa shape index (κ3) is 4.29. The molecule has 3 heterocycles. The highest BCUT2D eigenvalue weighted by Gasteiger charge is 2.29. The Balaban J connectivity index is 1.42. The first kappa shape index (κ1) is 19.5. The minimum Gasteiger partial charge on any atom is -0.307 e. The molecule has 2 aliphatic rings. The van der Waals surface area contributed by atoms with E-state index in [4.69, 9.17) is 17.3 Å². The molecule has 0 spiro atoms. The summed E-state index contributed by atoms with van der Waals surface area (Å²) in [6.45, 7) is 2.50. The molecule has 1 atom stereocenters. The molecule has 2 aliphatic heterocycles. The first-order chi connectivity index (χ1) is 13.4. The number of nitrogens with zero attached hydrogens (tertiary/aromatic N) is 4. The Bertz CT molecular complexity index is 1040. The third-order valence-corrected chi connectivity index (χ3v) is 8.02. The molecular weight excluding hydrogens is 392 g/mol. The molecular formula is C20H26N4O2S2. The van der Waals surface area contributed by atoms with E-state index in [9.17, 15) is 8.42 Å². The van der Waals surface area contributed by atoms with E-state index in [1.165, 1.54) is 11.1 Å². The molecule has 2 aromatic rings. The number of benzene rings is 1. The van der Waals surface area contributed by atoms with Crippen molar-refractivity contribution < 1.29 is 8.42 Å². The second-order valence-electron chi connectivity index (χ2n) is 7.79. The highest BCUT2D eigenvalue weighted by Crippen LogP contribution is 2.23. The molecule has 0 saturated carbocycles. The zero-order valence-electron chi connectivity index (χ0n) is 16.1. The molecule has 150 valence electrons. The van der Waals surface area contributed by atoms with Crippen LogP contribution in [0.4, 0.5) is 0 Å². The van der Waals surface area contributed by atoms with E-state index in [0.29, 0.717) is 23.6 Å². The van der Waals surface area contributed by atoms with E-state index in [2.05, 4.69) is 35.2 Å². The summed E-state index contributed by atoms with van der Waals surface area (Å²) in [7, 11) is -0.942. The van der Waals surface area contributed by atoms with Crippen LogP contribution < -0.4 is 0 Å². The number of hydrogen-bond acceptors (Lipinski definition) is 5. The molecule has 0 unspecified atom stereocenters. The number of rotatable bonds is 5. The van der Waals surface area contributed by atoms with Gasteiger partial charge in [-0.25, -0.2) is 13.1 Å². The Hall–Kier alpha value is -1.77. The standard InChI is InChI=1S/C20H26N4O2S2/c1-22-19(13-16-9-12-28(25,26)14-16)21-24(20(22)27)15-23-10-7-18(8-11-23)17-5-3-2-4-6-17/h2-7,16H,8-15H2,1H3/t16-/m0/s1. The van der Waals surface area contributed by atoms with Crippen LogP contribution in [-0.4, -0.2) is 52.3 Å². The average molecular weight is 419 g/mol. The van der Waals surface area contributed by atoms with Gasteiger partial charge in [-0.3, -0.25) is 4.90 Å². The first-order valence-corrected chi connectivity index (χ1v) is 11.9. The minimum absolute atomic E-state index is 0.153. The summed E-state index contributed by atoms with van der Waals surface area (Å²) in [5.41, 5.74) is 2.69. The molecule has 0 bridgehead atoms. The van der Waals surface area contributed by atoms with Crippen molar-refractivity contribution in [2.75, 3.05) is 24.6 Å². The molecule has 1 aromatic heterocycles. The lowest BCUT2D eigenvalue weighted by Crippen LogP contribution is -2.31. The molecule has 28 heavy (non-hydrogen) atoms. The number of sulfone groups is 1. The summed E-state index contributed by atoms with van der Waals surface area (Å²) >= 11 is 5.57. The van der Waals surface area contributed by atoms with Crippen LogP contribution >= 0.6 is 12.2 Å². The summed E-state index contributed by atoms with van der Waals surface area (Å²) < 4.78 is 27.9. The smallest absolute Gasteiger partial charge is 0.198 e. The Morgan fingerprint density at radius 2 is 2.04 bits per heavy atom. The zero-order valence-corrected chi connectivity index (χ0v) is 17.8. The van der Waals surface area contributed by atoms with Crippen molar-refractivity contribution in [3.63, 3.8) is 0 Å². The Morgan fingerprint density at radius 1 is 1.25 bits per heavy atom. The molecule has 1 aromatic carbocycles. The summed E-state index contributed by atoms with van der Waals surface area (Å²) in [6.07, 6.45) is 4.69. The summed E-state index contributed by atoms with van der Waals surface area (Å²) in [5.74, 6) is 1.60. The lowest BCUT2D eigenvalue weighted by atomic mass is 10.00. The lowest BCUT2D eigenvalue weighted by Gasteiger charge is -2.26. The van der Waals surface area contributed by atoms with Crippen LogP contribution in [0.25, 0.3) is 5.57 Å². The maximum Gasteiger partial charge on any atom is 0.198 e. The van der Waals surface area contributed by atoms with Crippen molar-refractivity contribution in [3.8, 4) is 0 Å². The van der Waals surface area contributed by atoms with Gasteiger partial charge in [-0.05, 0) is 42.1 Å². The fraction of sp³-hybridized carbons (Fsp3) is 0.500. The fourth-order valence-electron chi connectivity index (χ4n) is 4.04. The Morgan fingerprint density at radius 3 is 2.68 bits per heavy atom. The SMILES string of the molecule is Cn1c(C[C@@H]2CCS(=O)(=O)C2)nn(CN2CC=C(c3ccccc3)CC2)c1=S. The maximum absolute atomic E-state index is 11.7. The maximum atomic E-state index is 11.7. The van der Waals surface area contributed by atoms with E-state index >= 15 is 0 Å². The summed E-state index contributed by atoms with van der Waals surface area (Å²) in [4.78, 5) is 2.33. The Labute approximate surface area is 171 Å². The van der Waals surface area contributed by atoms with Crippen molar-refractivity contribution in [1.29, 1.82) is 0 Å². The molecule has 0 N–H and O–H groups in total. The van der Waals surface area contributed by atoms with Gasteiger partial charge in [0.15, 0.2) is 14.6 Å². The van der Waals surface area contributed by atoms with Gasteiger partial charge < -0.3 is 4.57 Å². The van der Waals surface area contributed by atoms with Gasteiger partial charge in [0.05, 0.1) is 18.2 Å². The van der Waals surface area contributed by atoms with Crippen LogP contribution in [-0.2, 0) is 30.0 Å². The zero-order chi connectivity index (χ0) is 19.7. The molecule has 1 fully saturated rings. The molecule has 4 rings (SSSR count). The van der Waals surface area contributed by atoms with Crippen molar-refractivity contribution in [2.45, 2.75) is 25.9 Å². The topological polar surface area (TPSA) is 60.1 Å². The molecule has 8 heteroatoms. The molecule has 1 saturated heterocycles. The minimum atomic E-state index is -2.87. The van der Waals surface area contributed by atoms with Crippen molar-refractivity contribution >= 4 is 27.6 Å². The molecule has 0 radical (unpaired) electrons. The normalized spacial score (nSPS) is 22.3. The van der Waals surface area contributed by atoms with Gasteiger partial charge >= 0.3 is 0 Å². The largest absolute Gasteiger partial charge is 0.307 e. The van der Waals surface area contributed by atoms with Crippen LogP contribution in [0.15, 0.2) is 36.4 Å². The number of aromatic nitrogens is 3. The average Bonchev–Trinajstić information content (AvgIpc) is 3.17. The van der Waals surface area contributed by atoms with Crippen LogP contribution in [0.2, 0.25) is 0 Å². The predicted octanol–water partition coefficient (Wildman–Crippen LogP) is 2.68. The number of hydrogen-bond donors (Lipinski definition) is 0. The molecule has 0 aliphatic carbocycles. The Kier molecular flexibility index (Phi) is 5.53. The van der Waals surface area contributed by atoms with Crippen molar-refractivity contribution in [3.05, 3.63) is 52.6 Å². The molecule has 6 nitrogen and oxygen atoms in total. The molecule has 0 amide bonds. The van der Waals surface area contributed by atoms with E-state index in [-0.39, 0.29) is 11.7 Å². The van der Waals surface area contributed by atoms with Gasteiger partial charge in [0.2, 0.25) is 0 Å². The monoisotopic (exact) mass is 418 g/mol. The van der Waals surface area contributed by atoms with E-state index in [1.807, 2.05) is 22.4 Å². The lowest BCUT2D eigenvalue weighted by molar-refractivity contribution is 0.225. The predicted molar refractivity (Wildman–Crippen MR) is 113 cm³/mol. The van der Waals surface area contributed by atoms with Gasteiger partial charge in [-0.2, -0.15) is 5.10 Å². The second kappa shape index (κ2) is 7.93. The van der Waals surface area contributed by atoms with Gasteiger partial charge in [0.1, 0.15) is 5.82 Å². The summed E-state index contributed by atoms with van der Waals surface area (Å²) in [6, 6.07) is 10.5. The van der Waals surface area contributed by atoms with Crippen molar-refractivity contribution in [1.82, 2.24) is 19.2 Å². The first-order valence-electron chi connectivity index (χ1n) is 9.71. The third-order valence-electron chi connectivity index (χ3n) is 5.70. The van der Waals surface area contributed by atoms with Crippen LogP contribution in [0.3, 0.4) is 0 Å². The van der Waals surface area contributed by atoms with Gasteiger partial charge in [0, 0.05) is 26.6 Å². The van der Waals surface area contributed by atoms with E-state index in [1.54, 1.807) is 0 Å². The highest BCUT2D eigenvalue weighted by atomic mass is 32.2. The summed E-state index contributed by atoms with van der Waals surface area (Å²) in [5, 5.41) is 4.71. The second-order valence-corrected chi connectivity index (χ2v) is 10.4. The van der Waals surface area contributed by atoms with E-state index < -0.39 is 9.84 Å². The van der Waals surface area contributed by atoms with Crippen LogP contribution in [0.5, 0.6) is 0 Å². The van der Waals surface area contributed by atoms with Gasteiger partial charge in [-0.15, -0.1) is 0 Å². The quantitative estimate of drug-likeness (QED) is 0.699. The van der Waals surface area contributed by atoms with Crippen molar-refractivity contribution in [2.24, 2.45) is 13.0 Å². The van der Waals surface area contributed by atoms with Crippen LogP contribution in [0, 0.1) is 10.7 Å².